The van der Waals surface area contributed by atoms with Gasteiger partial charge in [0.1, 0.15) is 0 Å². The van der Waals surface area contributed by atoms with E-state index in [0.717, 1.165) is 27.7 Å². The van der Waals surface area contributed by atoms with Gasteiger partial charge in [-0.3, -0.25) is 4.57 Å². The Kier molecular flexibility index (Phi) is 2.47. The molecule has 0 bridgehead atoms. The number of rotatable bonds is 2. The molecule has 4 nitrogen and oxygen atoms in total. The van der Waals surface area contributed by atoms with E-state index in [9.17, 15) is 0 Å². The molecule has 1 N–H and O–H groups in total. The Hall–Kier alpha value is -2.40. The Morgan fingerprint density at radius 3 is 3.05 bits per heavy atom. The molecule has 0 fully saturated rings. The smallest absolute Gasteiger partial charge is 0.194 e. The molecule has 0 unspecified atom stereocenters. The number of nitrogens with one attached hydrogen (secondary N) is 1. The number of hydrogen-bond donors (Lipinski definition) is 1. The fraction of sp³-hybridized carbons (Fsp3) is 0.0667. The molecule has 0 atom stereocenters. The van der Waals surface area contributed by atoms with E-state index in [1.165, 1.54) is 5.56 Å². The molecular formula is C15H12N4S. The minimum Gasteiger partial charge on any atom is -0.337 e. The lowest BCUT2D eigenvalue weighted by Crippen LogP contribution is -1.94. The molecule has 0 aliphatic carbocycles. The highest BCUT2D eigenvalue weighted by Gasteiger charge is 2.11. The maximum atomic E-state index is 4.67. The second-order valence-corrected chi connectivity index (χ2v) is 5.56. The Morgan fingerprint density at radius 1 is 1.25 bits per heavy atom. The van der Waals surface area contributed by atoms with Gasteiger partial charge in [0.15, 0.2) is 11.0 Å². The second-order valence-electron chi connectivity index (χ2n) is 4.68. The number of aromatic nitrogens is 4. The van der Waals surface area contributed by atoms with E-state index in [0.29, 0.717) is 0 Å². The number of fused-ring (bicyclic) bond motifs is 1. The lowest BCUT2D eigenvalue weighted by molar-refractivity contribution is 1.04. The van der Waals surface area contributed by atoms with Crippen LogP contribution in [-0.2, 0) is 0 Å². The minimum absolute atomic E-state index is 0.866. The molecular weight excluding hydrogens is 268 g/mol. The van der Waals surface area contributed by atoms with E-state index in [4.69, 9.17) is 0 Å². The van der Waals surface area contributed by atoms with Gasteiger partial charge in [-0.15, -0.1) is 11.3 Å². The SMILES string of the molecule is Cc1ccc2nc(-c3cccn3-c3nccs3)[nH]c2c1. The molecule has 0 saturated carbocycles. The highest BCUT2D eigenvalue weighted by Crippen LogP contribution is 2.25. The van der Waals surface area contributed by atoms with Gasteiger partial charge >= 0.3 is 0 Å². The largest absolute Gasteiger partial charge is 0.337 e. The van der Waals surface area contributed by atoms with Crippen LogP contribution in [0.15, 0.2) is 48.1 Å². The van der Waals surface area contributed by atoms with Gasteiger partial charge in [0.25, 0.3) is 0 Å². The molecule has 20 heavy (non-hydrogen) atoms. The van der Waals surface area contributed by atoms with Crippen molar-refractivity contribution in [3.63, 3.8) is 0 Å². The van der Waals surface area contributed by atoms with Gasteiger partial charge in [-0.1, -0.05) is 6.07 Å². The molecule has 0 aliphatic heterocycles. The molecule has 5 heteroatoms. The van der Waals surface area contributed by atoms with Crippen LogP contribution in [0.4, 0.5) is 0 Å². The van der Waals surface area contributed by atoms with Crippen molar-refractivity contribution in [3.8, 4) is 16.6 Å². The van der Waals surface area contributed by atoms with Gasteiger partial charge in [-0.2, -0.15) is 0 Å². The molecule has 0 saturated heterocycles. The Bertz CT molecular complexity index is 870. The zero-order valence-electron chi connectivity index (χ0n) is 10.9. The summed E-state index contributed by atoms with van der Waals surface area (Å²) in [7, 11) is 0. The third kappa shape index (κ3) is 1.75. The first kappa shape index (κ1) is 11.4. The highest BCUT2D eigenvalue weighted by molar-refractivity contribution is 7.12. The summed E-state index contributed by atoms with van der Waals surface area (Å²) in [6.07, 6.45) is 3.82. The molecule has 4 aromatic rings. The third-order valence-electron chi connectivity index (χ3n) is 3.25. The van der Waals surface area contributed by atoms with Gasteiger partial charge in [-0.05, 0) is 36.8 Å². The van der Waals surface area contributed by atoms with Crippen molar-refractivity contribution in [2.45, 2.75) is 6.92 Å². The quantitative estimate of drug-likeness (QED) is 0.607. The Balaban J connectivity index is 1.89. The lowest BCUT2D eigenvalue weighted by Gasteiger charge is -2.02. The van der Waals surface area contributed by atoms with Crippen LogP contribution in [0.25, 0.3) is 27.7 Å². The van der Waals surface area contributed by atoms with Crippen molar-refractivity contribution in [3.05, 3.63) is 53.7 Å². The standard InChI is InChI=1S/C15H12N4S/c1-10-4-5-11-12(9-10)18-14(17-11)13-3-2-7-19(13)15-16-6-8-20-15/h2-9H,1H3,(H,17,18). The topological polar surface area (TPSA) is 46.5 Å². The van der Waals surface area contributed by atoms with Gasteiger partial charge in [-0.25, -0.2) is 9.97 Å². The van der Waals surface area contributed by atoms with Gasteiger partial charge in [0.05, 0.1) is 16.7 Å². The van der Waals surface area contributed by atoms with E-state index in [1.807, 2.05) is 36.0 Å². The molecule has 1 aromatic carbocycles. The number of imidazole rings is 1. The van der Waals surface area contributed by atoms with Crippen molar-refractivity contribution in [2.24, 2.45) is 0 Å². The summed E-state index contributed by atoms with van der Waals surface area (Å²) in [5.41, 5.74) is 4.29. The second kappa shape index (κ2) is 4.31. The van der Waals surface area contributed by atoms with E-state index in [2.05, 4.69) is 38.6 Å². The van der Waals surface area contributed by atoms with E-state index >= 15 is 0 Å². The van der Waals surface area contributed by atoms with Crippen LogP contribution in [0.5, 0.6) is 0 Å². The van der Waals surface area contributed by atoms with Crippen molar-refractivity contribution in [1.82, 2.24) is 19.5 Å². The number of thiazole rings is 1. The van der Waals surface area contributed by atoms with E-state index in [-0.39, 0.29) is 0 Å². The number of benzene rings is 1. The number of nitrogens with zero attached hydrogens (tertiary/aromatic N) is 3. The van der Waals surface area contributed by atoms with Crippen molar-refractivity contribution in [2.75, 3.05) is 0 Å². The summed E-state index contributed by atoms with van der Waals surface area (Å²) in [4.78, 5) is 12.4. The first-order valence-electron chi connectivity index (χ1n) is 6.35. The summed E-state index contributed by atoms with van der Waals surface area (Å²) >= 11 is 1.61. The molecule has 4 rings (SSSR count). The van der Waals surface area contributed by atoms with Crippen LogP contribution in [0, 0.1) is 6.92 Å². The van der Waals surface area contributed by atoms with E-state index in [1.54, 1.807) is 11.3 Å². The molecule has 0 spiro atoms. The van der Waals surface area contributed by atoms with Crippen molar-refractivity contribution in [1.29, 1.82) is 0 Å². The molecule has 3 heterocycles. The number of aryl methyl sites for hydroxylation is 1. The number of aromatic amines is 1. The molecule has 0 amide bonds. The van der Waals surface area contributed by atoms with E-state index < -0.39 is 0 Å². The third-order valence-corrected chi connectivity index (χ3v) is 4.02. The summed E-state index contributed by atoms with van der Waals surface area (Å²) in [5.74, 6) is 0.866. The number of H-pyrrole nitrogens is 1. The maximum absolute atomic E-state index is 4.67. The normalized spacial score (nSPS) is 11.2. The van der Waals surface area contributed by atoms with Crippen molar-refractivity contribution >= 4 is 22.4 Å². The highest BCUT2D eigenvalue weighted by atomic mass is 32.1. The fourth-order valence-electron chi connectivity index (χ4n) is 2.32. The monoisotopic (exact) mass is 280 g/mol. The van der Waals surface area contributed by atoms with Crippen LogP contribution in [-0.4, -0.2) is 19.5 Å². The van der Waals surface area contributed by atoms with Crippen molar-refractivity contribution < 1.29 is 0 Å². The maximum Gasteiger partial charge on any atom is 0.194 e. The Morgan fingerprint density at radius 2 is 2.20 bits per heavy atom. The predicted octanol–water partition coefficient (Wildman–Crippen LogP) is 3.79. The average molecular weight is 280 g/mol. The van der Waals surface area contributed by atoms with Crippen LogP contribution >= 0.6 is 11.3 Å². The number of hydrogen-bond acceptors (Lipinski definition) is 3. The summed E-state index contributed by atoms with van der Waals surface area (Å²) in [5, 5.41) is 2.92. The molecule has 98 valence electrons. The summed E-state index contributed by atoms with van der Waals surface area (Å²) < 4.78 is 2.05. The van der Waals surface area contributed by atoms with Gasteiger partial charge in [0, 0.05) is 17.8 Å². The first-order chi connectivity index (χ1) is 9.81. The van der Waals surface area contributed by atoms with Crippen LogP contribution in [0.3, 0.4) is 0 Å². The van der Waals surface area contributed by atoms with Gasteiger partial charge in [0.2, 0.25) is 0 Å². The molecule has 0 aliphatic rings. The summed E-state index contributed by atoms with van der Waals surface area (Å²) in [6.45, 7) is 2.08. The minimum atomic E-state index is 0.866. The Labute approximate surface area is 119 Å². The molecule has 3 aromatic heterocycles. The van der Waals surface area contributed by atoms with Crippen LogP contribution < -0.4 is 0 Å². The fourth-order valence-corrected chi connectivity index (χ4v) is 2.96. The lowest BCUT2D eigenvalue weighted by atomic mass is 10.2. The molecule has 0 radical (unpaired) electrons. The average Bonchev–Trinajstić information content (AvgIpc) is 3.17. The zero-order valence-corrected chi connectivity index (χ0v) is 11.7. The predicted molar refractivity (Wildman–Crippen MR) is 81.3 cm³/mol. The first-order valence-corrected chi connectivity index (χ1v) is 7.23. The summed E-state index contributed by atoms with van der Waals surface area (Å²) in [6, 6.07) is 10.3. The van der Waals surface area contributed by atoms with Crippen LogP contribution in [0.2, 0.25) is 0 Å². The van der Waals surface area contributed by atoms with Crippen LogP contribution in [0.1, 0.15) is 5.56 Å². The zero-order chi connectivity index (χ0) is 13.5. The van der Waals surface area contributed by atoms with Gasteiger partial charge < -0.3 is 4.98 Å².